The minimum absolute atomic E-state index is 0.184. The standard InChI is InChI=1S/C4H9I/c1-2-3-4-5/h2-4H2,1H3/i1D3,2D2,3D2. The van der Waals surface area contributed by atoms with Gasteiger partial charge in [-0.25, -0.2) is 0 Å². The van der Waals surface area contributed by atoms with Gasteiger partial charge in [0.25, 0.3) is 0 Å². The average molecular weight is 191 g/mol. The lowest BCUT2D eigenvalue weighted by atomic mass is 10.4. The monoisotopic (exact) mass is 191 g/mol. The topological polar surface area (TPSA) is 0 Å². The molecule has 0 bridgehead atoms. The van der Waals surface area contributed by atoms with Crippen LogP contribution >= 0.6 is 22.6 Å². The molecule has 0 aromatic carbocycles. The second kappa shape index (κ2) is 4.73. The molecule has 0 fully saturated rings. The number of hydrogen-bond donors (Lipinski definition) is 0. The van der Waals surface area contributed by atoms with Crippen molar-refractivity contribution in [3.8, 4) is 0 Å². The van der Waals surface area contributed by atoms with E-state index in [-0.39, 0.29) is 4.43 Å². The number of halogens is 1. The molecule has 0 aromatic rings. The molecule has 0 aliphatic rings. The van der Waals surface area contributed by atoms with Crippen molar-refractivity contribution < 1.29 is 9.60 Å². The van der Waals surface area contributed by atoms with Crippen molar-refractivity contribution in [2.45, 2.75) is 19.6 Å². The summed E-state index contributed by atoms with van der Waals surface area (Å²) in [5.41, 5.74) is 0. The highest BCUT2D eigenvalue weighted by molar-refractivity contribution is 14.1. The van der Waals surface area contributed by atoms with Crippen molar-refractivity contribution in [1.29, 1.82) is 0 Å². The SMILES string of the molecule is [2H]C([2H])([2H])C([2H])([2H])C([2H])([2H])CI. The van der Waals surface area contributed by atoms with Crippen molar-refractivity contribution in [3.63, 3.8) is 0 Å². The summed E-state index contributed by atoms with van der Waals surface area (Å²) >= 11 is 1.63. The fourth-order valence-corrected chi connectivity index (χ4v) is 0.224. The van der Waals surface area contributed by atoms with Gasteiger partial charge in [0, 0.05) is 9.60 Å². The zero-order valence-electron chi connectivity index (χ0n) is 9.59. The molecule has 0 nitrogen and oxygen atoms in total. The number of alkyl halides is 1. The molecule has 0 saturated heterocycles. The van der Waals surface area contributed by atoms with Gasteiger partial charge in [-0.05, 0) is 10.8 Å². The smallest absolute Gasteiger partial charge is 0.0274 e. The second-order valence-corrected chi connectivity index (χ2v) is 1.20. The van der Waals surface area contributed by atoms with Gasteiger partial charge in [-0.1, -0.05) is 35.8 Å². The molecular formula is C4H9I. The van der Waals surface area contributed by atoms with E-state index in [1.165, 1.54) is 0 Å². The highest BCUT2D eigenvalue weighted by Gasteiger charge is 1.69. The Kier molecular flexibility index (Phi) is 0.881. The third-order valence-electron chi connectivity index (χ3n) is 0.155. The Labute approximate surface area is 56.9 Å². The van der Waals surface area contributed by atoms with E-state index in [1.54, 1.807) is 22.6 Å². The molecule has 0 aliphatic carbocycles. The van der Waals surface area contributed by atoms with Crippen LogP contribution in [0, 0.1) is 0 Å². The summed E-state index contributed by atoms with van der Waals surface area (Å²) in [4.78, 5) is 0. The maximum atomic E-state index is 7.16. The Hall–Kier alpha value is 0.730. The summed E-state index contributed by atoms with van der Waals surface area (Å²) in [5, 5.41) is 0. The molecule has 0 atom stereocenters. The van der Waals surface area contributed by atoms with E-state index in [2.05, 4.69) is 0 Å². The highest BCUT2D eigenvalue weighted by Crippen LogP contribution is 1.90. The van der Waals surface area contributed by atoms with Crippen LogP contribution in [0.15, 0.2) is 0 Å². The first-order valence-corrected chi connectivity index (χ1v) is 2.65. The van der Waals surface area contributed by atoms with Gasteiger partial charge >= 0.3 is 0 Å². The summed E-state index contributed by atoms with van der Waals surface area (Å²) in [6.07, 6.45) is -5.11. The first-order chi connectivity index (χ1) is 5.06. The van der Waals surface area contributed by atoms with E-state index in [0.29, 0.717) is 0 Å². The van der Waals surface area contributed by atoms with Gasteiger partial charge in [0.1, 0.15) is 0 Å². The molecular weight excluding hydrogens is 175 g/mol. The summed E-state index contributed by atoms with van der Waals surface area (Å²) in [6, 6.07) is 0. The predicted molar refractivity (Wildman–Crippen MR) is 33.8 cm³/mol. The Morgan fingerprint density at radius 1 is 2.20 bits per heavy atom. The molecule has 32 valence electrons. The predicted octanol–water partition coefficient (Wildman–Crippen LogP) is 2.22. The van der Waals surface area contributed by atoms with Gasteiger partial charge in [-0.2, -0.15) is 0 Å². The fraction of sp³-hybridized carbons (Fsp3) is 1.00. The lowest BCUT2D eigenvalue weighted by Crippen LogP contribution is -1.64. The van der Waals surface area contributed by atoms with E-state index in [1.807, 2.05) is 0 Å². The van der Waals surface area contributed by atoms with E-state index < -0.39 is 19.6 Å². The number of hydrogen-bond acceptors (Lipinski definition) is 0. The maximum absolute atomic E-state index is 7.16. The van der Waals surface area contributed by atoms with Gasteiger partial charge in [0.15, 0.2) is 0 Å². The van der Waals surface area contributed by atoms with Gasteiger partial charge in [0.05, 0.1) is 0 Å². The van der Waals surface area contributed by atoms with Crippen LogP contribution in [0.1, 0.15) is 29.2 Å². The fourth-order valence-electron chi connectivity index (χ4n) is 0.0334. The van der Waals surface area contributed by atoms with Crippen LogP contribution in [0.2, 0.25) is 0 Å². The quantitative estimate of drug-likeness (QED) is 0.463. The van der Waals surface area contributed by atoms with Gasteiger partial charge in [-0.3, -0.25) is 0 Å². The van der Waals surface area contributed by atoms with Gasteiger partial charge < -0.3 is 0 Å². The van der Waals surface area contributed by atoms with Crippen LogP contribution < -0.4 is 0 Å². The van der Waals surface area contributed by atoms with Crippen molar-refractivity contribution in [1.82, 2.24) is 0 Å². The molecule has 0 aromatic heterocycles. The third-order valence-corrected chi connectivity index (χ3v) is 0.537. The van der Waals surface area contributed by atoms with Gasteiger partial charge in [-0.15, -0.1) is 0 Å². The lowest BCUT2D eigenvalue weighted by molar-refractivity contribution is 0.907. The van der Waals surface area contributed by atoms with Crippen LogP contribution in [-0.2, 0) is 0 Å². The minimum Gasteiger partial charge on any atom is -0.0864 e. The van der Waals surface area contributed by atoms with Crippen molar-refractivity contribution >= 4 is 22.6 Å². The second-order valence-electron chi connectivity index (χ2n) is 0.435. The molecule has 0 amide bonds. The van der Waals surface area contributed by atoms with Crippen molar-refractivity contribution in [2.75, 3.05) is 4.43 Å². The highest BCUT2D eigenvalue weighted by atomic mass is 127. The van der Waals surface area contributed by atoms with Crippen LogP contribution in [0.3, 0.4) is 0 Å². The minimum atomic E-state index is -2.92. The van der Waals surface area contributed by atoms with Crippen molar-refractivity contribution in [3.05, 3.63) is 0 Å². The largest absolute Gasteiger partial charge is 0.0864 e. The molecule has 0 rings (SSSR count). The van der Waals surface area contributed by atoms with Gasteiger partial charge in [0.2, 0.25) is 0 Å². The maximum Gasteiger partial charge on any atom is 0.0274 e. The van der Waals surface area contributed by atoms with E-state index in [4.69, 9.17) is 9.60 Å². The molecule has 0 N–H and O–H groups in total. The van der Waals surface area contributed by atoms with Crippen LogP contribution in [0.25, 0.3) is 0 Å². The van der Waals surface area contributed by atoms with Crippen molar-refractivity contribution in [2.24, 2.45) is 0 Å². The molecule has 0 heterocycles. The lowest BCUT2D eigenvalue weighted by Gasteiger charge is -1.77. The first kappa shape index (κ1) is 0.932. The van der Waals surface area contributed by atoms with E-state index >= 15 is 0 Å². The zero-order valence-corrected chi connectivity index (χ0v) is 4.74. The van der Waals surface area contributed by atoms with E-state index in [0.717, 1.165) is 0 Å². The zero-order chi connectivity index (χ0) is 10.2. The summed E-state index contributed by atoms with van der Waals surface area (Å²) in [7, 11) is 0. The Bertz CT molecular complexity index is 159. The Morgan fingerprint density at radius 3 is 3.20 bits per heavy atom. The molecule has 5 heavy (non-hydrogen) atoms. The summed E-state index contributed by atoms with van der Waals surface area (Å²) in [6.45, 7) is -2.92. The number of rotatable bonds is 2. The van der Waals surface area contributed by atoms with Crippen LogP contribution in [0.4, 0.5) is 0 Å². The molecule has 0 unspecified atom stereocenters. The molecule has 0 spiro atoms. The third kappa shape index (κ3) is 4.73. The van der Waals surface area contributed by atoms with Crippen LogP contribution in [-0.4, -0.2) is 4.43 Å². The summed E-state index contributed by atoms with van der Waals surface area (Å²) < 4.78 is 48.8. The normalized spacial score (nSPS) is 37.4. The molecule has 1 heteroatoms. The molecule has 0 aliphatic heterocycles. The van der Waals surface area contributed by atoms with E-state index in [9.17, 15) is 0 Å². The Morgan fingerprint density at radius 2 is 3.00 bits per heavy atom. The molecule has 0 saturated carbocycles. The molecule has 0 radical (unpaired) electrons. The summed E-state index contributed by atoms with van der Waals surface area (Å²) in [5.74, 6) is 0. The Balaban J connectivity index is 4.85. The first-order valence-electron chi connectivity index (χ1n) is 4.62. The average Bonchev–Trinajstić information content (AvgIpc) is 1.85. The van der Waals surface area contributed by atoms with Crippen LogP contribution in [0.5, 0.6) is 0 Å².